The number of rotatable bonds is 7. The van der Waals surface area contributed by atoms with Gasteiger partial charge in [0.2, 0.25) is 0 Å². The number of nitrogens with zero attached hydrogens (tertiary/aromatic N) is 2. The zero-order chi connectivity index (χ0) is 21.8. The predicted octanol–water partition coefficient (Wildman–Crippen LogP) is 2.95. The molecule has 0 saturated heterocycles. The minimum Gasteiger partial charge on any atom is -0.461 e. The van der Waals surface area contributed by atoms with E-state index in [-0.39, 0.29) is 31.7 Å². The van der Waals surface area contributed by atoms with E-state index in [2.05, 4.69) is 4.98 Å². The van der Waals surface area contributed by atoms with E-state index in [0.717, 1.165) is 4.90 Å². The Morgan fingerprint density at radius 2 is 1.60 bits per heavy atom. The Hall–Kier alpha value is -3.55. The van der Waals surface area contributed by atoms with Crippen LogP contribution in [0, 0.1) is 6.92 Å². The number of imide groups is 1. The molecular formula is C22H22N2O6. The van der Waals surface area contributed by atoms with E-state index in [9.17, 15) is 19.2 Å². The summed E-state index contributed by atoms with van der Waals surface area (Å²) < 4.78 is 10.7. The van der Waals surface area contributed by atoms with Crippen LogP contribution in [0.3, 0.4) is 0 Å². The summed E-state index contributed by atoms with van der Waals surface area (Å²) >= 11 is 0. The van der Waals surface area contributed by atoms with E-state index >= 15 is 0 Å². The number of esters is 2. The number of hydrogen-bond donors (Lipinski definition) is 0. The van der Waals surface area contributed by atoms with Crippen molar-refractivity contribution in [2.75, 3.05) is 0 Å². The fourth-order valence-corrected chi connectivity index (χ4v) is 3.10. The molecule has 1 aliphatic heterocycles. The second-order valence-corrected chi connectivity index (χ2v) is 6.76. The van der Waals surface area contributed by atoms with Crippen molar-refractivity contribution in [1.29, 1.82) is 0 Å². The molecule has 2 amide bonds. The first kappa shape index (κ1) is 21.2. The van der Waals surface area contributed by atoms with Gasteiger partial charge in [-0.25, -0.2) is 0 Å². The van der Waals surface area contributed by atoms with Crippen molar-refractivity contribution >= 4 is 23.8 Å². The van der Waals surface area contributed by atoms with Gasteiger partial charge in [0.25, 0.3) is 11.8 Å². The first-order valence-electron chi connectivity index (χ1n) is 9.66. The Morgan fingerprint density at radius 3 is 2.17 bits per heavy atom. The Balaban J connectivity index is 2.01. The van der Waals surface area contributed by atoms with Crippen LogP contribution in [-0.2, 0) is 27.5 Å². The van der Waals surface area contributed by atoms with Crippen molar-refractivity contribution < 1.29 is 28.7 Å². The van der Waals surface area contributed by atoms with Crippen molar-refractivity contribution in [2.24, 2.45) is 0 Å². The van der Waals surface area contributed by atoms with Crippen molar-refractivity contribution in [1.82, 2.24) is 9.88 Å². The fourth-order valence-electron chi connectivity index (χ4n) is 3.10. The number of aryl methyl sites for hydroxylation is 1. The molecule has 3 rings (SSSR count). The number of carbonyl (C=O) groups is 4. The lowest BCUT2D eigenvalue weighted by Gasteiger charge is -2.20. The first-order valence-corrected chi connectivity index (χ1v) is 9.66. The average molecular weight is 410 g/mol. The lowest BCUT2D eigenvalue weighted by Crippen LogP contribution is -2.30. The summed E-state index contributed by atoms with van der Waals surface area (Å²) in [5, 5.41) is 0. The highest BCUT2D eigenvalue weighted by atomic mass is 16.5. The molecular weight excluding hydrogens is 388 g/mol. The number of aromatic nitrogens is 1. The number of pyridine rings is 1. The van der Waals surface area contributed by atoms with Crippen LogP contribution in [0.2, 0.25) is 0 Å². The van der Waals surface area contributed by atoms with E-state index in [4.69, 9.17) is 9.47 Å². The Labute approximate surface area is 173 Å². The van der Waals surface area contributed by atoms with Crippen LogP contribution in [0.4, 0.5) is 0 Å². The highest BCUT2D eigenvalue weighted by Gasteiger charge is 2.36. The molecule has 0 atom stereocenters. The van der Waals surface area contributed by atoms with E-state index < -0.39 is 23.8 Å². The van der Waals surface area contributed by atoms with Crippen LogP contribution >= 0.6 is 0 Å². The van der Waals surface area contributed by atoms with Crippen LogP contribution in [0.1, 0.15) is 64.2 Å². The normalized spacial score (nSPS) is 12.7. The van der Waals surface area contributed by atoms with Crippen LogP contribution in [0.25, 0.3) is 0 Å². The van der Waals surface area contributed by atoms with Crippen molar-refractivity contribution in [3.8, 4) is 5.75 Å². The van der Waals surface area contributed by atoms with Gasteiger partial charge in [0.1, 0.15) is 6.61 Å². The molecule has 0 saturated carbocycles. The molecule has 0 radical (unpaired) electrons. The van der Waals surface area contributed by atoms with Crippen molar-refractivity contribution in [3.05, 3.63) is 58.4 Å². The molecule has 0 N–H and O–H groups in total. The second-order valence-electron chi connectivity index (χ2n) is 6.76. The summed E-state index contributed by atoms with van der Waals surface area (Å²) in [5.74, 6) is -1.59. The van der Waals surface area contributed by atoms with E-state index in [0.29, 0.717) is 27.9 Å². The fraction of sp³-hybridized carbons (Fsp3) is 0.318. The molecule has 0 fully saturated rings. The highest BCUT2D eigenvalue weighted by molar-refractivity contribution is 6.21. The molecule has 0 unspecified atom stereocenters. The zero-order valence-corrected chi connectivity index (χ0v) is 17.1. The molecule has 8 nitrogen and oxygen atoms in total. The first-order chi connectivity index (χ1) is 14.4. The Kier molecular flexibility index (Phi) is 6.25. The van der Waals surface area contributed by atoms with Gasteiger partial charge >= 0.3 is 11.9 Å². The van der Waals surface area contributed by atoms with Crippen LogP contribution in [0.5, 0.6) is 5.75 Å². The summed E-state index contributed by atoms with van der Waals surface area (Å²) in [6.07, 6.45) is 1.83. The molecule has 0 aliphatic carbocycles. The maximum absolute atomic E-state index is 12.8. The molecule has 8 heteroatoms. The average Bonchev–Trinajstić information content (AvgIpc) is 3.00. The van der Waals surface area contributed by atoms with Crippen LogP contribution in [0.15, 0.2) is 30.5 Å². The van der Waals surface area contributed by atoms with Crippen LogP contribution in [-0.4, -0.2) is 33.6 Å². The third kappa shape index (κ3) is 4.07. The summed E-state index contributed by atoms with van der Waals surface area (Å²) in [6, 6.07) is 6.56. The predicted molar refractivity (Wildman–Crippen MR) is 106 cm³/mol. The molecule has 2 aromatic rings. The molecule has 1 aromatic heterocycles. The maximum Gasteiger partial charge on any atom is 0.310 e. The minimum atomic E-state index is -0.480. The van der Waals surface area contributed by atoms with Crippen molar-refractivity contribution in [2.45, 2.75) is 46.8 Å². The maximum atomic E-state index is 12.8. The zero-order valence-electron chi connectivity index (χ0n) is 17.1. The molecule has 156 valence electrons. The third-order valence-corrected chi connectivity index (χ3v) is 4.78. The molecule has 0 bridgehead atoms. The number of ether oxygens (including phenoxy) is 2. The lowest BCUT2D eigenvalue weighted by molar-refractivity contribution is -0.144. The summed E-state index contributed by atoms with van der Waals surface area (Å²) in [4.78, 5) is 54.5. The SMILES string of the molecule is CCC(=O)OCc1cnc(C)c(OC(=O)CC)c1CN1C(=O)c2ccccc2C1=O. The monoisotopic (exact) mass is 410 g/mol. The van der Waals surface area contributed by atoms with Gasteiger partial charge in [-0.15, -0.1) is 0 Å². The molecule has 1 aliphatic rings. The molecule has 0 spiro atoms. The summed E-state index contributed by atoms with van der Waals surface area (Å²) in [5.41, 5.74) is 1.92. The van der Waals surface area contributed by atoms with E-state index in [1.807, 2.05) is 0 Å². The third-order valence-electron chi connectivity index (χ3n) is 4.78. The summed E-state index contributed by atoms with van der Waals surface area (Å²) in [7, 11) is 0. The highest BCUT2D eigenvalue weighted by Crippen LogP contribution is 2.31. The molecule has 30 heavy (non-hydrogen) atoms. The van der Waals surface area contributed by atoms with E-state index in [1.165, 1.54) is 6.20 Å². The van der Waals surface area contributed by atoms with Gasteiger partial charge in [-0.05, 0) is 19.1 Å². The number of benzene rings is 1. The topological polar surface area (TPSA) is 103 Å². The number of carbonyl (C=O) groups excluding carboxylic acids is 4. The van der Waals surface area contributed by atoms with E-state index in [1.54, 1.807) is 45.0 Å². The van der Waals surface area contributed by atoms with Gasteiger partial charge in [-0.1, -0.05) is 26.0 Å². The second kappa shape index (κ2) is 8.86. The van der Waals surface area contributed by atoms with Gasteiger partial charge in [0.05, 0.1) is 23.4 Å². The lowest BCUT2D eigenvalue weighted by atomic mass is 10.1. The number of fused-ring (bicyclic) bond motifs is 1. The Bertz CT molecular complexity index is 995. The quantitative estimate of drug-likeness (QED) is 0.511. The minimum absolute atomic E-state index is 0.116. The standard InChI is InChI=1S/C22H22N2O6/c1-4-18(25)29-12-14-10-23-13(3)20(30-19(26)5-2)17(14)11-24-21(27)15-8-6-7-9-16(15)22(24)28/h6-10H,4-5,11-12H2,1-3H3. The molecule has 1 aromatic carbocycles. The number of amides is 2. The van der Waals surface area contributed by atoms with Gasteiger partial charge in [0.15, 0.2) is 5.75 Å². The Morgan fingerprint density at radius 1 is 1.00 bits per heavy atom. The summed E-state index contributed by atoms with van der Waals surface area (Å²) in [6.45, 7) is 4.73. The van der Waals surface area contributed by atoms with Gasteiger partial charge in [-0.2, -0.15) is 0 Å². The smallest absolute Gasteiger partial charge is 0.310 e. The van der Waals surface area contributed by atoms with Gasteiger partial charge in [0, 0.05) is 30.2 Å². The van der Waals surface area contributed by atoms with Gasteiger partial charge in [-0.3, -0.25) is 29.1 Å². The molecule has 2 heterocycles. The van der Waals surface area contributed by atoms with Crippen molar-refractivity contribution in [3.63, 3.8) is 0 Å². The van der Waals surface area contributed by atoms with Crippen LogP contribution < -0.4 is 4.74 Å². The largest absolute Gasteiger partial charge is 0.461 e. The number of hydrogen-bond acceptors (Lipinski definition) is 7. The van der Waals surface area contributed by atoms with Gasteiger partial charge < -0.3 is 9.47 Å².